The number of nitrogens with zero attached hydrogens (tertiary/aromatic N) is 1. The number of hydrogen-bond acceptors (Lipinski definition) is 4. The van der Waals surface area contributed by atoms with Crippen molar-refractivity contribution in [1.29, 1.82) is 0 Å². The molecule has 1 aromatic heterocycles. The number of rotatable bonds is 7. The first kappa shape index (κ1) is 19.4. The fraction of sp³-hybridized carbons (Fsp3) is 0.182. The van der Waals surface area contributed by atoms with Gasteiger partial charge in [0.25, 0.3) is 5.91 Å². The van der Waals surface area contributed by atoms with Gasteiger partial charge in [-0.15, -0.1) is 0 Å². The number of anilines is 2. The Kier molecular flexibility index (Phi) is 6.22. The van der Waals surface area contributed by atoms with Crippen LogP contribution in [0.4, 0.5) is 15.8 Å². The zero-order chi connectivity index (χ0) is 19.9. The summed E-state index contributed by atoms with van der Waals surface area (Å²) in [5.74, 6) is 0.0333. The zero-order valence-electron chi connectivity index (χ0n) is 15.8. The number of hydrogen-bond donors (Lipinski definition) is 2. The molecule has 0 aliphatic carbocycles. The molecular weight excluding hydrogens is 357 g/mol. The molecule has 2 aromatic carbocycles. The normalized spacial score (nSPS) is 10.4. The number of carbonyl (C=O) groups is 1. The quantitative estimate of drug-likeness (QED) is 0.637. The Hall–Kier alpha value is -3.41. The van der Waals surface area contributed by atoms with Crippen LogP contribution in [0.3, 0.4) is 0 Å². The smallest absolute Gasteiger partial charge is 0.274 e. The van der Waals surface area contributed by atoms with Gasteiger partial charge in [0.1, 0.15) is 17.3 Å². The van der Waals surface area contributed by atoms with Crippen molar-refractivity contribution >= 4 is 17.3 Å². The Balaban J connectivity index is 1.65. The summed E-state index contributed by atoms with van der Waals surface area (Å²) in [6, 6.07) is 15.7. The lowest BCUT2D eigenvalue weighted by atomic mass is 10.1. The third-order valence-corrected chi connectivity index (χ3v) is 4.28. The number of aryl methyl sites for hydroxylation is 1. The fourth-order valence-electron chi connectivity index (χ4n) is 2.81. The van der Waals surface area contributed by atoms with Crippen LogP contribution >= 0.6 is 0 Å². The van der Waals surface area contributed by atoms with Crippen LogP contribution in [0.5, 0.6) is 5.75 Å². The van der Waals surface area contributed by atoms with Gasteiger partial charge >= 0.3 is 0 Å². The average molecular weight is 379 g/mol. The van der Waals surface area contributed by atoms with Gasteiger partial charge < -0.3 is 15.4 Å². The minimum atomic E-state index is -0.332. The van der Waals surface area contributed by atoms with Crippen molar-refractivity contribution in [3.63, 3.8) is 0 Å². The van der Waals surface area contributed by atoms with Gasteiger partial charge in [-0.05, 0) is 54.8 Å². The van der Waals surface area contributed by atoms with Crippen molar-refractivity contribution in [2.75, 3.05) is 24.3 Å². The molecule has 2 N–H and O–H groups in total. The van der Waals surface area contributed by atoms with Gasteiger partial charge in [0.2, 0.25) is 0 Å². The molecule has 0 bridgehead atoms. The second-order valence-electron chi connectivity index (χ2n) is 6.36. The molecule has 6 heteroatoms. The highest BCUT2D eigenvalue weighted by Gasteiger charge is 2.12. The second kappa shape index (κ2) is 8.99. The highest BCUT2D eigenvalue weighted by atomic mass is 19.1. The number of pyridine rings is 1. The summed E-state index contributed by atoms with van der Waals surface area (Å²) in [4.78, 5) is 16.7. The summed E-state index contributed by atoms with van der Waals surface area (Å²) in [5, 5.41) is 6.03. The summed E-state index contributed by atoms with van der Waals surface area (Å²) in [5.41, 5.74) is 3.26. The Morgan fingerprint density at radius 2 is 1.96 bits per heavy atom. The van der Waals surface area contributed by atoms with Crippen LogP contribution in [0.2, 0.25) is 0 Å². The van der Waals surface area contributed by atoms with E-state index in [-0.39, 0.29) is 17.4 Å². The Bertz CT molecular complexity index is 976. The Morgan fingerprint density at radius 3 is 2.75 bits per heavy atom. The summed E-state index contributed by atoms with van der Waals surface area (Å²) >= 11 is 0. The first-order chi connectivity index (χ1) is 13.6. The molecule has 1 amide bonds. The average Bonchev–Trinajstić information content (AvgIpc) is 2.70. The standard InChI is InChI=1S/C22H22FN3O2/c1-15-7-8-21(28-2)19(13-15)26-22(27)20-14-17(10-12-25-20)24-11-9-16-5-3-4-6-18(16)23/h3-8,10,12-14H,9,11H2,1-2H3,(H,24,25)(H,26,27). The second-order valence-corrected chi connectivity index (χ2v) is 6.36. The highest BCUT2D eigenvalue weighted by Crippen LogP contribution is 2.25. The first-order valence-corrected chi connectivity index (χ1v) is 8.96. The largest absolute Gasteiger partial charge is 0.495 e. The molecule has 0 saturated heterocycles. The monoisotopic (exact) mass is 379 g/mol. The maximum Gasteiger partial charge on any atom is 0.274 e. The molecule has 1 heterocycles. The van der Waals surface area contributed by atoms with E-state index in [1.807, 2.05) is 25.1 Å². The molecule has 5 nitrogen and oxygen atoms in total. The third kappa shape index (κ3) is 4.85. The Labute approximate surface area is 163 Å². The minimum absolute atomic E-state index is 0.216. The van der Waals surface area contributed by atoms with E-state index >= 15 is 0 Å². The van der Waals surface area contributed by atoms with Crippen LogP contribution in [0, 0.1) is 12.7 Å². The lowest BCUT2D eigenvalue weighted by molar-refractivity contribution is 0.102. The number of methoxy groups -OCH3 is 1. The summed E-state index contributed by atoms with van der Waals surface area (Å²) in [6.07, 6.45) is 2.10. The highest BCUT2D eigenvalue weighted by molar-refractivity contribution is 6.04. The molecule has 0 aliphatic rings. The van der Waals surface area contributed by atoms with Gasteiger partial charge in [0.15, 0.2) is 0 Å². The molecule has 0 unspecified atom stereocenters. The SMILES string of the molecule is COc1ccc(C)cc1NC(=O)c1cc(NCCc2ccccc2F)ccn1. The van der Waals surface area contributed by atoms with Crippen molar-refractivity contribution in [3.05, 3.63) is 83.4 Å². The maximum absolute atomic E-state index is 13.7. The molecule has 0 aliphatic heterocycles. The van der Waals surface area contributed by atoms with Gasteiger partial charge in [-0.3, -0.25) is 9.78 Å². The molecule has 0 atom stereocenters. The van der Waals surface area contributed by atoms with Crippen molar-refractivity contribution in [1.82, 2.24) is 4.98 Å². The number of benzene rings is 2. The van der Waals surface area contributed by atoms with Crippen LogP contribution in [0.1, 0.15) is 21.6 Å². The predicted molar refractivity (Wildman–Crippen MR) is 109 cm³/mol. The van der Waals surface area contributed by atoms with Crippen molar-refractivity contribution in [2.24, 2.45) is 0 Å². The predicted octanol–water partition coefficient (Wildman–Crippen LogP) is 4.44. The molecular formula is C22H22FN3O2. The van der Waals surface area contributed by atoms with Gasteiger partial charge in [0, 0.05) is 18.4 Å². The van der Waals surface area contributed by atoms with Gasteiger partial charge in [-0.2, -0.15) is 0 Å². The van der Waals surface area contributed by atoms with Crippen molar-refractivity contribution < 1.29 is 13.9 Å². The van der Waals surface area contributed by atoms with E-state index in [0.29, 0.717) is 30.0 Å². The van der Waals surface area contributed by atoms with E-state index in [1.165, 1.54) is 6.07 Å². The van der Waals surface area contributed by atoms with Gasteiger partial charge in [0.05, 0.1) is 12.8 Å². The van der Waals surface area contributed by atoms with E-state index in [9.17, 15) is 9.18 Å². The number of carbonyl (C=O) groups excluding carboxylic acids is 1. The van der Waals surface area contributed by atoms with Gasteiger partial charge in [-0.1, -0.05) is 24.3 Å². The van der Waals surface area contributed by atoms with E-state index in [2.05, 4.69) is 15.6 Å². The third-order valence-electron chi connectivity index (χ3n) is 4.28. The molecule has 3 aromatic rings. The Morgan fingerprint density at radius 1 is 1.14 bits per heavy atom. The molecule has 0 saturated carbocycles. The molecule has 0 spiro atoms. The van der Waals surface area contributed by atoms with E-state index in [0.717, 1.165) is 11.3 Å². The minimum Gasteiger partial charge on any atom is -0.495 e. The lowest BCUT2D eigenvalue weighted by Crippen LogP contribution is -2.15. The molecule has 144 valence electrons. The molecule has 0 radical (unpaired) electrons. The lowest BCUT2D eigenvalue weighted by Gasteiger charge is -2.12. The number of aromatic nitrogens is 1. The van der Waals surface area contributed by atoms with E-state index in [1.54, 1.807) is 43.6 Å². The number of amides is 1. The number of ether oxygens (including phenoxy) is 1. The van der Waals surface area contributed by atoms with E-state index < -0.39 is 0 Å². The topological polar surface area (TPSA) is 63.2 Å². The van der Waals surface area contributed by atoms with Crippen LogP contribution in [0.25, 0.3) is 0 Å². The van der Waals surface area contributed by atoms with Crippen molar-refractivity contribution in [3.8, 4) is 5.75 Å². The van der Waals surface area contributed by atoms with Crippen LogP contribution in [-0.2, 0) is 6.42 Å². The molecule has 28 heavy (non-hydrogen) atoms. The van der Waals surface area contributed by atoms with Crippen molar-refractivity contribution in [2.45, 2.75) is 13.3 Å². The van der Waals surface area contributed by atoms with Crippen LogP contribution in [-0.4, -0.2) is 24.5 Å². The molecule has 3 rings (SSSR count). The summed E-state index contributed by atoms with van der Waals surface area (Å²) in [7, 11) is 1.55. The van der Waals surface area contributed by atoms with Gasteiger partial charge in [-0.25, -0.2) is 4.39 Å². The summed E-state index contributed by atoms with van der Waals surface area (Å²) < 4.78 is 19.0. The number of halogens is 1. The van der Waals surface area contributed by atoms with E-state index in [4.69, 9.17) is 4.74 Å². The zero-order valence-corrected chi connectivity index (χ0v) is 15.8. The fourth-order valence-corrected chi connectivity index (χ4v) is 2.81. The molecule has 0 fully saturated rings. The van der Waals surface area contributed by atoms with Crippen LogP contribution in [0.15, 0.2) is 60.8 Å². The number of nitrogens with one attached hydrogen (secondary N) is 2. The maximum atomic E-state index is 13.7. The first-order valence-electron chi connectivity index (χ1n) is 8.96. The summed E-state index contributed by atoms with van der Waals surface area (Å²) in [6.45, 7) is 2.48. The van der Waals surface area contributed by atoms with Crippen LogP contribution < -0.4 is 15.4 Å².